The second-order valence-electron chi connectivity index (χ2n) is 4.18. The van der Waals surface area contributed by atoms with Gasteiger partial charge in [-0.25, -0.2) is 4.98 Å². The van der Waals surface area contributed by atoms with E-state index in [9.17, 15) is 4.79 Å². The van der Waals surface area contributed by atoms with Gasteiger partial charge in [0, 0.05) is 29.8 Å². The first-order valence-corrected chi connectivity index (χ1v) is 6.15. The van der Waals surface area contributed by atoms with Crippen LogP contribution in [0.2, 0.25) is 0 Å². The summed E-state index contributed by atoms with van der Waals surface area (Å²) in [6, 6.07) is 13.3. The molecule has 0 radical (unpaired) electrons. The fourth-order valence-electron chi connectivity index (χ4n) is 1.84. The van der Waals surface area contributed by atoms with Crippen molar-refractivity contribution in [1.82, 2.24) is 15.0 Å². The number of pyridine rings is 1. The van der Waals surface area contributed by atoms with Gasteiger partial charge in [0.15, 0.2) is 5.82 Å². The standard InChI is InChI=1S/C15H12N4O/c20-15(14-17-9-10-18-14)19-12-6-4-11(5-7-12)13-3-1-2-8-16-13/h1-10H,(H,17,18)(H,19,20). The minimum absolute atomic E-state index is 0.263. The number of benzene rings is 1. The SMILES string of the molecule is O=C(Nc1ccc(-c2ccccn2)cc1)c1ncc[nH]1. The number of aromatic amines is 1. The predicted molar refractivity (Wildman–Crippen MR) is 76.2 cm³/mol. The van der Waals surface area contributed by atoms with Gasteiger partial charge in [0.05, 0.1) is 5.69 Å². The van der Waals surface area contributed by atoms with Gasteiger partial charge in [0.25, 0.3) is 5.91 Å². The fraction of sp³-hybridized carbons (Fsp3) is 0. The van der Waals surface area contributed by atoms with Crippen molar-refractivity contribution in [3.63, 3.8) is 0 Å². The molecule has 20 heavy (non-hydrogen) atoms. The Labute approximate surface area is 115 Å². The molecule has 2 aromatic heterocycles. The zero-order valence-corrected chi connectivity index (χ0v) is 10.6. The van der Waals surface area contributed by atoms with Crippen molar-refractivity contribution in [2.45, 2.75) is 0 Å². The van der Waals surface area contributed by atoms with Gasteiger partial charge >= 0.3 is 0 Å². The van der Waals surface area contributed by atoms with E-state index >= 15 is 0 Å². The molecule has 1 amide bonds. The van der Waals surface area contributed by atoms with Crippen molar-refractivity contribution >= 4 is 11.6 Å². The molecule has 1 aromatic carbocycles. The molecule has 3 aromatic rings. The summed E-state index contributed by atoms with van der Waals surface area (Å²) in [5.74, 6) is 0.0272. The number of H-pyrrole nitrogens is 1. The Hall–Kier alpha value is -2.95. The largest absolute Gasteiger partial charge is 0.341 e. The normalized spacial score (nSPS) is 10.2. The van der Waals surface area contributed by atoms with E-state index in [1.165, 1.54) is 0 Å². The smallest absolute Gasteiger partial charge is 0.291 e. The van der Waals surface area contributed by atoms with Crippen LogP contribution in [0.5, 0.6) is 0 Å². The number of rotatable bonds is 3. The van der Waals surface area contributed by atoms with E-state index < -0.39 is 0 Å². The first-order chi connectivity index (χ1) is 9.83. The Morgan fingerprint density at radius 3 is 2.50 bits per heavy atom. The summed E-state index contributed by atoms with van der Waals surface area (Å²) >= 11 is 0. The quantitative estimate of drug-likeness (QED) is 0.764. The topological polar surface area (TPSA) is 70.7 Å². The van der Waals surface area contributed by atoms with E-state index in [0.29, 0.717) is 11.5 Å². The van der Waals surface area contributed by atoms with Crippen LogP contribution >= 0.6 is 0 Å². The Morgan fingerprint density at radius 1 is 1.00 bits per heavy atom. The molecule has 0 saturated heterocycles. The monoisotopic (exact) mass is 264 g/mol. The molecule has 0 aliphatic rings. The molecule has 0 aliphatic carbocycles. The van der Waals surface area contributed by atoms with Crippen molar-refractivity contribution < 1.29 is 4.79 Å². The summed E-state index contributed by atoms with van der Waals surface area (Å²) in [4.78, 5) is 22.8. The van der Waals surface area contributed by atoms with Crippen LogP contribution in [0, 0.1) is 0 Å². The third-order valence-electron chi connectivity index (χ3n) is 2.82. The molecule has 0 unspecified atom stereocenters. The number of carbonyl (C=O) groups excluding carboxylic acids is 1. The number of hydrogen-bond donors (Lipinski definition) is 2. The van der Waals surface area contributed by atoms with Crippen LogP contribution in [0.25, 0.3) is 11.3 Å². The van der Waals surface area contributed by atoms with Crippen LogP contribution in [0.3, 0.4) is 0 Å². The van der Waals surface area contributed by atoms with Crippen molar-refractivity contribution in [2.24, 2.45) is 0 Å². The molecule has 5 heteroatoms. The first-order valence-electron chi connectivity index (χ1n) is 6.15. The number of imidazole rings is 1. The van der Waals surface area contributed by atoms with Crippen LogP contribution in [-0.2, 0) is 0 Å². The number of nitrogens with zero attached hydrogens (tertiary/aromatic N) is 2. The zero-order chi connectivity index (χ0) is 13.8. The second-order valence-corrected chi connectivity index (χ2v) is 4.18. The number of amides is 1. The highest BCUT2D eigenvalue weighted by Crippen LogP contribution is 2.19. The minimum Gasteiger partial charge on any atom is -0.341 e. The maximum absolute atomic E-state index is 11.8. The molecule has 5 nitrogen and oxygen atoms in total. The lowest BCUT2D eigenvalue weighted by atomic mass is 10.1. The predicted octanol–water partition coefficient (Wildman–Crippen LogP) is 2.72. The summed E-state index contributed by atoms with van der Waals surface area (Å²) in [5.41, 5.74) is 2.61. The van der Waals surface area contributed by atoms with Crippen molar-refractivity contribution in [2.75, 3.05) is 5.32 Å². The molecule has 0 saturated carbocycles. The van der Waals surface area contributed by atoms with E-state index in [4.69, 9.17) is 0 Å². The maximum atomic E-state index is 11.8. The summed E-state index contributed by atoms with van der Waals surface area (Å²) in [7, 11) is 0. The van der Waals surface area contributed by atoms with E-state index in [0.717, 1.165) is 11.3 Å². The molecule has 98 valence electrons. The van der Waals surface area contributed by atoms with Gasteiger partial charge in [0.2, 0.25) is 0 Å². The third kappa shape index (κ3) is 2.56. The zero-order valence-electron chi connectivity index (χ0n) is 10.6. The van der Waals surface area contributed by atoms with Gasteiger partial charge in [0.1, 0.15) is 0 Å². The van der Waals surface area contributed by atoms with Crippen molar-refractivity contribution in [1.29, 1.82) is 0 Å². The number of nitrogens with one attached hydrogen (secondary N) is 2. The summed E-state index contributed by atoms with van der Waals surface area (Å²) in [6.07, 6.45) is 4.90. The van der Waals surface area contributed by atoms with Gasteiger partial charge in [-0.15, -0.1) is 0 Å². The number of hydrogen-bond acceptors (Lipinski definition) is 3. The maximum Gasteiger partial charge on any atom is 0.291 e. The van der Waals surface area contributed by atoms with Crippen molar-refractivity contribution in [3.8, 4) is 11.3 Å². The van der Waals surface area contributed by atoms with Crippen molar-refractivity contribution in [3.05, 3.63) is 66.9 Å². The van der Waals surface area contributed by atoms with Crippen LogP contribution in [0.1, 0.15) is 10.6 Å². The van der Waals surface area contributed by atoms with E-state index in [1.807, 2.05) is 42.5 Å². The molecule has 0 atom stereocenters. The summed E-state index contributed by atoms with van der Waals surface area (Å²) in [5, 5.41) is 2.77. The average Bonchev–Trinajstić information content (AvgIpc) is 3.03. The van der Waals surface area contributed by atoms with Gasteiger partial charge in [-0.3, -0.25) is 9.78 Å². The van der Waals surface area contributed by atoms with Crippen LogP contribution in [0.15, 0.2) is 61.1 Å². The highest BCUT2D eigenvalue weighted by molar-refractivity contribution is 6.01. The summed E-state index contributed by atoms with van der Waals surface area (Å²) < 4.78 is 0. The fourth-order valence-corrected chi connectivity index (χ4v) is 1.84. The number of carbonyl (C=O) groups is 1. The Kier molecular flexibility index (Phi) is 3.24. The highest BCUT2D eigenvalue weighted by Gasteiger charge is 2.07. The molecular formula is C15H12N4O. The lowest BCUT2D eigenvalue weighted by molar-refractivity contribution is 0.101. The molecule has 0 bridgehead atoms. The van der Waals surface area contributed by atoms with Crippen LogP contribution in [-0.4, -0.2) is 20.9 Å². The molecule has 3 rings (SSSR count). The minimum atomic E-state index is -0.263. The average molecular weight is 264 g/mol. The first kappa shape index (κ1) is 12.1. The number of aromatic nitrogens is 3. The molecule has 0 fully saturated rings. The molecule has 0 spiro atoms. The second kappa shape index (κ2) is 5.36. The molecule has 2 N–H and O–H groups in total. The molecule has 2 heterocycles. The lowest BCUT2D eigenvalue weighted by Crippen LogP contribution is -2.13. The van der Waals surface area contributed by atoms with Gasteiger partial charge in [-0.2, -0.15) is 0 Å². The molecule has 0 aliphatic heterocycles. The number of anilines is 1. The van der Waals surface area contributed by atoms with Gasteiger partial charge in [-0.1, -0.05) is 18.2 Å². The van der Waals surface area contributed by atoms with Crippen LogP contribution in [0.4, 0.5) is 5.69 Å². The van der Waals surface area contributed by atoms with Crippen LogP contribution < -0.4 is 5.32 Å². The molecular weight excluding hydrogens is 252 g/mol. The van der Waals surface area contributed by atoms with E-state index in [1.54, 1.807) is 18.6 Å². The van der Waals surface area contributed by atoms with Gasteiger partial charge < -0.3 is 10.3 Å². The van der Waals surface area contributed by atoms with E-state index in [2.05, 4.69) is 20.3 Å². The Morgan fingerprint density at radius 2 is 1.85 bits per heavy atom. The third-order valence-corrected chi connectivity index (χ3v) is 2.82. The lowest BCUT2D eigenvalue weighted by Gasteiger charge is -2.05. The summed E-state index contributed by atoms with van der Waals surface area (Å²) in [6.45, 7) is 0. The highest BCUT2D eigenvalue weighted by atomic mass is 16.2. The Bertz CT molecular complexity index is 691. The van der Waals surface area contributed by atoms with Gasteiger partial charge in [-0.05, 0) is 24.3 Å². The van der Waals surface area contributed by atoms with E-state index in [-0.39, 0.29) is 5.91 Å². The Balaban J connectivity index is 1.75.